The molecule has 0 saturated carbocycles. The molecule has 1 saturated heterocycles. The van der Waals surface area contributed by atoms with Crippen LogP contribution in [0, 0.1) is 0 Å². The van der Waals surface area contributed by atoms with Gasteiger partial charge >= 0.3 is 6.09 Å². The van der Waals surface area contributed by atoms with E-state index in [-0.39, 0.29) is 18.8 Å². The van der Waals surface area contributed by atoms with Crippen molar-refractivity contribution in [3.8, 4) is 17.1 Å². The Morgan fingerprint density at radius 3 is 2.66 bits per heavy atom. The number of rotatable bonds is 5. The first kappa shape index (κ1) is 20.1. The molecule has 8 heteroatoms. The minimum Gasteiger partial charge on any atom is -0.410 e. The van der Waals surface area contributed by atoms with Crippen LogP contribution in [0.3, 0.4) is 0 Å². The van der Waals surface area contributed by atoms with Crippen LogP contribution >= 0.6 is 0 Å². The van der Waals surface area contributed by atoms with Crippen molar-refractivity contribution >= 4 is 16.9 Å². The van der Waals surface area contributed by atoms with Crippen molar-refractivity contribution in [2.45, 2.75) is 25.6 Å². The SMILES string of the molecule is O=C(Oc1cccc2ccccc12)N1CCC(OCc2nc(-c3ccncc3)no2)CC1. The molecular formula is C24H22N4O4. The maximum atomic E-state index is 12.7. The lowest BCUT2D eigenvalue weighted by Gasteiger charge is -2.31. The summed E-state index contributed by atoms with van der Waals surface area (Å²) >= 11 is 0. The molecule has 1 aliphatic heterocycles. The summed E-state index contributed by atoms with van der Waals surface area (Å²) in [6, 6.07) is 17.2. The Labute approximate surface area is 184 Å². The molecule has 3 heterocycles. The quantitative estimate of drug-likeness (QED) is 0.461. The number of ether oxygens (including phenoxy) is 2. The monoisotopic (exact) mass is 430 g/mol. The zero-order valence-electron chi connectivity index (χ0n) is 17.4. The first-order valence-corrected chi connectivity index (χ1v) is 10.6. The number of carbonyl (C=O) groups excluding carboxylic acids is 1. The molecule has 5 rings (SSSR count). The molecule has 4 aromatic rings. The highest BCUT2D eigenvalue weighted by Gasteiger charge is 2.25. The Morgan fingerprint density at radius 1 is 1.03 bits per heavy atom. The largest absolute Gasteiger partial charge is 0.415 e. The molecule has 1 amide bonds. The normalized spacial score (nSPS) is 14.6. The van der Waals surface area contributed by atoms with E-state index in [1.807, 2.05) is 54.6 Å². The minimum absolute atomic E-state index is 0.0212. The summed E-state index contributed by atoms with van der Waals surface area (Å²) in [5, 5.41) is 5.95. The average Bonchev–Trinajstić information content (AvgIpc) is 3.33. The van der Waals surface area contributed by atoms with Gasteiger partial charge in [0.15, 0.2) is 0 Å². The van der Waals surface area contributed by atoms with Crippen LogP contribution in [-0.4, -0.2) is 45.3 Å². The van der Waals surface area contributed by atoms with E-state index in [0.717, 1.165) is 29.2 Å². The second-order valence-corrected chi connectivity index (χ2v) is 7.59. The third-order valence-electron chi connectivity index (χ3n) is 5.50. The lowest BCUT2D eigenvalue weighted by molar-refractivity contribution is -0.00888. The number of pyridine rings is 1. The molecule has 0 unspecified atom stereocenters. The second kappa shape index (κ2) is 9.15. The second-order valence-electron chi connectivity index (χ2n) is 7.59. The van der Waals surface area contributed by atoms with Crippen LogP contribution in [0.2, 0.25) is 0 Å². The Kier molecular flexibility index (Phi) is 5.76. The van der Waals surface area contributed by atoms with Crippen molar-refractivity contribution in [1.29, 1.82) is 0 Å². The molecule has 162 valence electrons. The molecule has 32 heavy (non-hydrogen) atoms. The summed E-state index contributed by atoms with van der Waals surface area (Å²) in [6.45, 7) is 1.38. The Balaban J connectivity index is 1.12. The molecule has 0 N–H and O–H groups in total. The number of fused-ring (bicyclic) bond motifs is 1. The summed E-state index contributed by atoms with van der Waals surface area (Å²) in [6.07, 6.45) is 4.49. The van der Waals surface area contributed by atoms with Crippen LogP contribution in [-0.2, 0) is 11.3 Å². The van der Waals surface area contributed by atoms with Gasteiger partial charge in [0.25, 0.3) is 5.89 Å². The molecule has 0 aliphatic carbocycles. The van der Waals surface area contributed by atoms with Crippen LogP contribution in [0.1, 0.15) is 18.7 Å². The number of likely N-dealkylation sites (tertiary alicyclic amines) is 1. The number of benzene rings is 2. The minimum atomic E-state index is -0.335. The van der Waals surface area contributed by atoms with Gasteiger partial charge in [-0.25, -0.2) is 4.79 Å². The smallest absolute Gasteiger partial charge is 0.410 e. The lowest BCUT2D eigenvalue weighted by atomic mass is 10.1. The number of amides is 1. The van der Waals surface area contributed by atoms with E-state index in [2.05, 4.69) is 15.1 Å². The average molecular weight is 430 g/mol. The van der Waals surface area contributed by atoms with Gasteiger partial charge in [-0.2, -0.15) is 4.98 Å². The van der Waals surface area contributed by atoms with Crippen LogP contribution in [0.5, 0.6) is 5.75 Å². The number of hydrogen-bond donors (Lipinski definition) is 0. The fourth-order valence-corrected chi connectivity index (χ4v) is 3.77. The van der Waals surface area contributed by atoms with Crippen LogP contribution in [0.4, 0.5) is 4.79 Å². The fraction of sp³-hybridized carbons (Fsp3) is 0.250. The van der Waals surface area contributed by atoms with Crippen molar-refractivity contribution in [3.05, 3.63) is 72.9 Å². The van der Waals surface area contributed by atoms with E-state index in [1.54, 1.807) is 17.3 Å². The fourth-order valence-electron chi connectivity index (χ4n) is 3.77. The summed E-state index contributed by atoms with van der Waals surface area (Å²) < 4.78 is 16.9. The zero-order chi connectivity index (χ0) is 21.8. The van der Waals surface area contributed by atoms with Crippen LogP contribution in [0.15, 0.2) is 71.5 Å². The maximum Gasteiger partial charge on any atom is 0.415 e. The lowest BCUT2D eigenvalue weighted by Crippen LogP contribution is -2.42. The first-order chi connectivity index (χ1) is 15.8. The molecule has 1 aliphatic rings. The summed E-state index contributed by atoms with van der Waals surface area (Å²) in [5.74, 6) is 1.51. The highest BCUT2D eigenvalue weighted by Crippen LogP contribution is 2.26. The predicted octanol–water partition coefficient (Wildman–Crippen LogP) is 4.46. The zero-order valence-corrected chi connectivity index (χ0v) is 17.4. The van der Waals surface area contributed by atoms with Gasteiger partial charge in [0.05, 0.1) is 6.10 Å². The van der Waals surface area contributed by atoms with Gasteiger partial charge in [0, 0.05) is 36.4 Å². The van der Waals surface area contributed by atoms with Crippen molar-refractivity contribution in [1.82, 2.24) is 20.0 Å². The van der Waals surface area contributed by atoms with Gasteiger partial charge in [-0.3, -0.25) is 4.98 Å². The van der Waals surface area contributed by atoms with E-state index < -0.39 is 0 Å². The molecule has 0 spiro atoms. The van der Waals surface area contributed by atoms with Crippen LogP contribution < -0.4 is 4.74 Å². The summed E-state index contributed by atoms with van der Waals surface area (Å²) in [4.78, 5) is 22.7. The number of hydrogen-bond acceptors (Lipinski definition) is 7. The molecule has 1 fully saturated rings. The van der Waals surface area contributed by atoms with Gasteiger partial charge in [0.2, 0.25) is 5.82 Å². The highest BCUT2D eigenvalue weighted by molar-refractivity contribution is 5.90. The molecule has 0 bridgehead atoms. The predicted molar refractivity (Wildman–Crippen MR) is 117 cm³/mol. The Bertz CT molecular complexity index is 1200. The molecule has 2 aromatic heterocycles. The number of aromatic nitrogens is 3. The number of carbonyl (C=O) groups is 1. The van der Waals surface area contributed by atoms with Crippen molar-refractivity contribution in [2.75, 3.05) is 13.1 Å². The van der Waals surface area contributed by atoms with E-state index in [1.165, 1.54) is 0 Å². The van der Waals surface area contributed by atoms with Crippen LogP contribution in [0.25, 0.3) is 22.2 Å². The third kappa shape index (κ3) is 4.45. The van der Waals surface area contributed by atoms with E-state index in [0.29, 0.717) is 30.6 Å². The van der Waals surface area contributed by atoms with Crippen molar-refractivity contribution < 1.29 is 18.8 Å². The van der Waals surface area contributed by atoms with Crippen molar-refractivity contribution in [3.63, 3.8) is 0 Å². The van der Waals surface area contributed by atoms with E-state index in [9.17, 15) is 4.79 Å². The molecular weight excluding hydrogens is 408 g/mol. The summed E-state index contributed by atoms with van der Waals surface area (Å²) in [7, 11) is 0. The first-order valence-electron chi connectivity index (χ1n) is 10.6. The van der Waals surface area contributed by atoms with Crippen molar-refractivity contribution in [2.24, 2.45) is 0 Å². The van der Waals surface area contributed by atoms with Gasteiger partial charge in [-0.05, 0) is 36.4 Å². The Morgan fingerprint density at radius 2 is 1.81 bits per heavy atom. The highest BCUT2D eigenvalue weighted by atomic mass is 16.6. The molecule has 0 radical (unpaired) electrons. The van der Waals surface area contributed by atoms with Gasteiger partial charge in [0.1, 0.15) is 12.4 Å². The Hall–Kier alpha value is -3.78. The van der Waals surface area contributed by atoms with Gasteiger partial charge in [-0.15, -0.1) is 0 Å². The summed E-state index contributed by atoms with van der Waals surface area (Å²) in [5.41, 5.74) is 0.841. The van der Waals surface area contributed by atoms with E-state index >= 15 is 0 Å². The third-order valence-corrected chi connectivity index (χ3v) is 5.50. The van der Waals surface area contributed by atoms with Gasteiger partial charge < -0.3 is 18.9 Å². The molecule has 0 atom stereocenters. The topological polar surface area (TPSA) is 90.6 Å². The standard InChI is InChI=1S/C24H22N4O4/c29-24(31-21-7-3-5-17-4-1-2-6-20(17)21)28-14-10-19(11-15-28)30-16-22-26-23(27-32-22)18-8-12-25-13-9-18/h1-9,12-13,19H,10-11,14-16H2. The van der Waals surface area contributed by atoms with Gasteiger partial charge in [-0.1, -0.05) is 41.6 Å². The maximum absolute atomic E-state index is 12.7. The van der Waals surface area contributed by atoms with E-state index in [4.69, 9.17) is 14.0 Å². The number of nitrogens with zero attached hydrogens (tertiary/aromatic N) is 4. The molecule has 2 aromatic carbocycles. The number of piperidine rings is 1. The molecule has 8 nitrogen and oxygen atoms in total.